The van der Waals surface area contributed by atoms with E-state index in [0.29, 0.717) is 24.3 Å². The van der Waals surface area contributed by atoms with Crippen LogP contribution in [0.15, 0.2) is 48.5 Å². The van der Waals surface area contributed by atoms with Crippen molar-refractivity contribution in [3.05, 3.63) is 70.2 Å². The van der Waals surface area contributed by atoms with Gasteiger partial charge in [0.15, 0.2) is 0 Å². The third-order valence-electron chi connectivity index (χ3n) is 1.66. The van der Waals surface area contributed by atoms with E-state index in [1.165, 1.54) is 10.8 Å². The molecule has 0 saturated heterocycles. The molecule has 0 aliphatic rings. The van der Waals surface area contributed by atoms with Crippen molar-refractivity contribution in [1.29, 1.82) is 0 Å². The SMILES string of the molecule is [N-]=C=O.[N-]=C=O.[N-]=C=O.[N-]=C=O.c1ccc2ccccc2c1. The Kier molecular flexibility index (Phi) is 23.8. The van der Waals surface area contributed by atoms with Gasteiger partial charge in [-0.2, -0.15) is 0 Å². The van der Waals surface area contributed by atoms with Gasteiger partial charge in [0.05, 0.1) is 0 Å². The van der Waals surface area contributed by atoms with E-state index in [2.05, 4.69) is 48.5 Å². The summed E-state index contributed by atoms with van der Waals surface area (Å²) < 4.78 is 0. The van der Waals surface area contributed by atoms with Crippen LogP contribution < -0.4 is 0 Å². The van der Waals surface area contributed by atoms with E-state index in [4.69, 9.17) is 40.8 Å². The molecule has 0 amide bonds. The molecule has 0 spiro atoms. The fourth-order valence-electron chi connectivity index (χ4n) is 1.13. The number of hydrogen-bond donors (Lipinski definition) is 0. The number of hydrogen-bond acceptors (Lipinski definition) is 4. The molecular weight excluding hydrogens is 288 g/mol. The summed E-state index contributed by atoms with van der Waals surface area (Å²) in [6, 6.07) is 16.7. The molecule has 0 unspecified atom stereocenters. The molecule has 0 heterocycles. The standard InChI is InChI=1S/C10H8.4CNO/c1-2-6-10-8-4-3-7-9(10)5-1;4*2-1-3/h1-8H;;;;/q;4*-1. The van der Waals surface area contributed by atoms with Crippen molar-refractivity contribution in [1.82, 2.24) is 0 Å². The maximum absolute atomic E-state index is 8.24. The predicted octanol–water partition coefficient (Wildman–Crippen LogP) is 2.41. The molecule has 8 heteroatoms. The van der Waals surface area contributed by atoms with Crippen LogP contribution in [0.25, 0.3) is 32.4 Å². The van der Waals surface area contributed by atoms with Gasteiger partial charge in [-0.1, -0.05) is 48.5 Å². The van der Waals surface area contributed by atoms with E-state index >= 15 is 0 Å². The zero-order chi connectivity index (χ0) is 17.6. The summed E-state index contributed by atoms with van der Waals surface area (Å²) in [7, 11) is 0. The molecule has 0 aliphatic heterocycles. The van der Waals surface area contributed by atoms with Gasteiger partial charge in [0.2, 0.25) is 0 Å². The van der Waals surface area contributed by atoms with E-state index < -0.39 is 0 Å². The van der Waals surface area contributed by atoms with Crippen molar-refractivity contribution in [2.45, 2.75) is 0 Å². The van der Waals surface area contributed by atoms with Gasteiger partial charge in [-0.25, -0.2) is 0 Å². The predicted molar refractivity (Wildman–Crippen MR) is 80.2 cm³/mol. The first-order chi connectivity index (χ1) is 10.6. The smallest absolute Gasteiger partial charge is 0.0159 e. The molecule has 112 valence electrons. The van der Waals surface area contributed by atoms with Crippen LogP contribution in [-0.2, 0) is 19.2 Å². The van der Waals surface area contributed by atoms with Gasteiger partial charge in [-0.3, -0.25) is 19.2 Å². The Morgan fingerprint density at radius 2 is 0.636 bits per heavy atom. The van der Waals surface area contributed by atoms with Crippen molar-refractivity contribution in [2.75, 3.05) is 0 Å². The lowest BCUT2D eigenvalue weighted by Crippen LogP contribution is -1.67. The molecule has 0 atom stereocenters. The maximum atomic E-state index is 8.24. The number of carbonyl (C=O) groups excluding carboxylic acids is 4. The van der Waals surface area contributed by atoms with E-state index in [9.17, 15) is 0 Å². The van der Waals surface area contributed by atoms with Gasteiger partial charge < -0.3 is 21.6 Å². The van der Waals surface area contributed by atoms with Gasteiger partial charge in [-0.05, 0) is 35.1 Å². The van der Waals surface area contributed by atoms with E-state index in [1.54, 1.807) is 0 Å². The van der Waals surface area contributed by atoms with E-state index in [1.807, 2.05) is 0 Å². The summed E-state index contributed by atoms with van der Waals surface area (Å²) in [6.45, 7) is 0. The van der Waals surface area contributed by atoms with Gasteiger partial charge in [0, 0.05) is 0 Å². The highest BCUT2D eigenvalue weighted by molar-refractivity contribution is 5.81. The van der Waals surface area contributed by atoms with Gasteiger partial charge in [-0.15, -0.1) is 0 Å². The molecule has 0 aliphatic carbocycles. The maximum Gasteiger partial charge on any atom is -0.0159 e. The summed E-state index contributed by atoms with van der Waals surface area (Å²) in [4.78, 5) is 32.9. The third-order valence-corrected chi connectivity index (χ3v) is 1.66. The molecule has 22 heavy (non-hydrogen) atoms. The van der Waals surface area contributed by atoms with Crippen LogP contribution in [0.2, 0.25) is 0 Å². The minimum Gasteiger partial charge on any atom is -0.724 e. The number of nitrogens with zero attached hydrogens (tertiary/aromatic N) is 4. The number of fused-ring (bicyclic) bond motifs is 1. The molecule has 8 nitrogen and oxygen atoms in total. The first-order valence-corrected chi connectivity index (χ1v) is 5.12. The van der Waals surface area contributed by atoms with Crippen molar-refractivity contribution in [2.24, 2.45) is 0 Å². The molecule has 2 aromatic carbocycles. The summed E-state index contributed by atoms with van der Waals surface area (Å²) in [5.41, 5.74) is 0. The minimum absolute atomic E-state index is 0.500. The topological polar surface area (TPSA) is 157 Å². The fourth-order valence-corrected chi connectivity index (χ4v) is 1.13. The summed E-state index contributed by atoms with van der Waals surface area (Å²) in [6.07, 6.45) is 2.00. The largest absolute Gasteiger partial charge is 0.724 e. The Morgan fingerprint density at radius 1 is 0.500 bits per heavy atom. The fraction of sp³-hybridized carbons (Fsp3) is 0. The highest BCUT2D eigenvalue weighted by Crippen LogP contribution is 2.11. The summed E-state index contributed by atoms with van der Waals surface area (Å²) in [5.74, 6) is 0. The monoisotopic (exact) mass is 296 g/mol. The third kappa shape index (κ3) is 18.6. The van der Waals surface area contributed by atoms with Crippen LogP contribution >= 0.6 is 0 Å². The highest BCUT2D eigenvalue weighted by Gasteiger charge is 1.85. The summed E-state index contributed by atoms with van der Waals surface area (Å²) in [5, 5.41) is 29.7. The Labute approximate surface area is 125 Å². The van der Waals surface area contributed by atoms with Crippen molar-refractivity contribution in [3.63, 3.8) is 0 Å². The zero-order valence-electron chi connectivity index (χ0n) is 11.0. The Hall–Kier alpha value is -3.78. The van der Waals surface area contributed by atoms with Crippen molar-refractivity contribution in [3.8, 4) is 0 Å². The Bertz CT molecular complexity index is 548. The van der Waals surface area contributed by atoms with Crippen LogP contribution in [0.3, 0.4) is 0 Å². The Balaban J connectivity index is -0.000000254. The molecule has 0 aromatic heterocycles. The van der Waals surface area contributed by atoms with Gasteiger partial charge >= 0.3 is 0 Å². The van der Waals surface area contributed by atoms with Crippen molar-refractivity contribution < 1.29 is 19.2 Å². The van der Waals surface area contributed by atoms with Crippen LogP contribution in [0.5, 0.6) is 0 Å². The van der Waals surface area contributed by atoms with Crippen LogP contribution in [0.4, 0.5) is 0 Å². The van der Waals surface area contributed by atoms with E-state index in [-0.39, 0.29) is 0 Å². The number of isocyanates is 4. The average molecular weight is 296 g/mol. The molecule has 0 fully saturated rings. The molecular formula is C14H8N4O4-4. The second-order valence-electron chi connectivity index (χ2n) is 2.71. The second kappa shape index (κ2) is 22.4. The first kappa shape index (κ1) is 23.3. The van der Waals surface area contributed by atoms with Crippen LogP contribution in [0.1, 0.15) is 0 Å². The molecule has 2 rings (SSSR count). The van der Waals surface area contributed by atoms with Gasteiger partial charge in [0.25, 0.3) is 0 Å². The van der Waals surface area contributed by atoms with E-state index in [0.717, 1.165) is 0 Å². The first-order valence-electron chi connectivity index (χ1n) is 5.12. The zero-order valence-corrected chi connectivity index (χ0v) is 11.0. The minimum atomic E-state index is 0.500. The molecule has 2 aromatic rings. The Morgan fingerprint density at radius 3 is 0.773 bits per heavy atom. The van der Waals surface area contributed by atoms with Crippen molar-refractivity contribution >= 4 is 35.1 Å². The lowest BCUT2D eigenvalue weighted by molar-refractivity contribution is 0.568. The second-order valence-corrected chi connectivity index (χ2v) is 2.71. The average Bonchev–Trinajstić information content (AvgIpc) is 2.51. The van der Waals surface area contributed by atoms with Gasteiger partial charge in [0.1, 0.15) is 0 Å². The van der Waals surface area contributed by atoms with Crippen LogP contribution in [-0.4, -0.2) is 24.3 Å². The highest BCUT2D eigenvalue weighted by atomic mass is 16.1. The number of rotatable bonds is 0. The number of benzene rings is 2. The lowest BCUT2D eigenvalue weighted by Gasteiger charge is -1.92. The normalized spacial score (nSPS) is 6.00. The molecule has 0 bridgehead atoms. The molecule has 0 radical (unpaired) electrons. The lowest BCUT2D eigenvalue weighted by atomic mass is 10.1. The van der Waals surface area contributed by atoms with Crippen LogP contribution in [0, 0.1) is 0 Å². The summed E-state index contributed by atoms with van der Waals surface area (Å²) >= 11 is 0. The molecule has 0 N–H and O–H groups in total. The quantitative estimate of drug-likeness (QED) is 0.539. The molecule has 0 saturated carbocycles.